The molecule has 3 N–H and O–H groups in total. The first-order chi connectivity index (χ1) is 14.3. The number of carbonyl (C=O) groups is 2. The number of nitrogen functional groups attached to an aromatic ring is 1. The maximum absolute atomic E-state index is 13.3. The van der Waals surface area contributed by atoms with Gasteiger partial charge in [-0.2, -0.15) is 0 Å². The van der Waals surface area contributed by atoms with Crippen molar-refractivity contribution in [3.8, 4) is 0 Å². The summed E-state index contributed by atoms with van der Waals surface area (Å²) >= 11 is 0. The molecular formula is C24H20FN3O2. The Balaban J connectivity index is 1.81. The molecule has 0 saturated carbocycles. The van der Waals surface area contributed by atoms with Crippen molar-refractivity contribution in [1.29, 1.82) is 0 Å². The predicted octanol–water partition coefficient (Wildman–Crippen LogP) is 4.92. The average molecular weight is 401 g/mol. The van der Waals surface area contributed by atoms with E-state index in [4.69, 9.17) is 5.73 Å². The minimum absolute atomic E-state index is 0.0346. The molecule has 0 saturated heterocycles. The van der Waals surface area contributed by atoms with Crippen molar-refractivity contribution in [2.45, 2.75) is 13.8 Å². The van der Waals surface area contributed by atoms with Gasteiger partial charge in [-0.05, 0) is 67.4 Å². The lowest BCUT2D eigenvalue weighted by Gasteiger charge is -2.09. The van der Waals surface area contributed by atoms with Crippen molar-refractivity contribution in [2.24, 2.45) is 0 Å². The smallest absolute Gasteiger partial charge is 0.263 e. The molecule has 0 aliphatic rings. The molecule has 150 valence electrons. The Hall–Kier alpha value is -3.93. The Kier molecular flexibility index (Phi) is 4.83. The molecule has 1 heterocycles. The Morgan fingerprint density at radius 1 is 0.933 bits per heavy atom. The lowest BCUT2D eigenvalue weighted by Crippen LogP contribution is -2.18. The summed E-state index contributed by atoms with van der Waals surface area (Å²) in [5.41, 5.74) is 10.00. The number of anilines is 2. The van der Waals surface area contributed by atoms with E-state index in [1.54, 1.807) is 24.3 Å². The van der Waals surface area contributed by atoms with Gasteiger partial charge in [0, 0.05) is 16.6 Å². The largest absolute Gasteiger partial charge is 0.384 e. The highest BCUT2D eigenvalue weighted by Gasteiger charge is 2.24. The molecular weight excluding hydrogens is 381 g/mol. The average Bonchev–Trinajstić information content (AvgIpc) is 2.99. The molecule has 1 aromatic heterocycles. The van der Waals surface area contributed by atoms with Crippen LogP contribution >= 0.6 is 0 Å². The summed E-state index contributed by atoms with van der Waals surface area (Å²) in [5.74, 6) is -1.24. The van der Waals surface area contributed by atoms with Gasteiger partial charge in [-0.15, -0.1) is 0 Å². The Bertz CT molecular complexity index is 1270. The molecule has 0 aliphatic heterocycles. The normalized spacial score (nSPS) is 10.9. The fourth-order valence-corrected chi connectivity index (χ4v) is 3.68. The first-order valence-electron chi connectivity index (χ1n) is 9.44. The number of aromatic nitrogens is 1. The second-order valence-corrected chi connectivity index (χ2v) is 7.26. The standard InChI is InChI=1S/C24H20FN3O2/c1-14-11-15(2)13-18(12-14)27-23(29)21-19-5-3-4-6-20(19)28(22(21)26)24(30)16-7-9-17(25)10-8-16/h3-13H,26H2,1-2H3,(H,27,29). The number of hydrogen-bond acceptors (Lipinski definition) is 3. The van der Waals surface area contributed by atoms with Crippen LogP contribution in [0.15, 0.2) is 66.7 Å². The summed E-state index contributed by atoms with van der Waals surface area (Å²) in [6.07, 6.45) is 0. The Morgan fingerprint density at radius 3 is 2.23 bits per heavy atom. The van der Waals surface area contributed by atoms with Crippen molar-refractivity contribution in [1.82, 2.24) is 4.57 Å². The topological polar surface area (TPSA) is 77.1 Å². The van der Waals surface area contributed by atoms with Gasteiger partial charge >= 0.3 is 0 Å². The van der Waals surface area contributed by atoms with Crippen LogP contribution in [0, 0.1) is 19.7 Å². The minimum Gasteiger partial charge on any atom is -0.384 e. The van der Waals surface area contributed by atoms with Gasteiger partial charge < -0.3 is 11.1 Å². The third kappa shape index (κ3) is 3.43. The summed E-state index contributed by atoms with van der Waals surface area (Å²) in [5, 5.41) is 3.44. The van der Waals surface area contributed by atoms with E-state index in [0.717, 1.165) is 11.1 Å². The van der Waals surface area contributed by atoms with E-state index in [9.17, 15) is 14.0 Å². The number of benzene rings is 3. The van der Waals surface area contributed by atoms with Crippen molar-refractivity contribution in [3.05, 3.63) is 94.8 Å². The van der Waals surface area contributed by atoms with Crippen LogP contribution in [-0.4, -0.2) is 16.4 Å². The predicted molar refractivity (Wildman–Crippen MR) is 116 cm³/mol. The van der Waals surface area contributed by atoms with E-state index in [0.29, 0.717) is 16.6 Å². The summed E-state index contributed by atoms with van der Waals surface area (Å²) < 4.78 is 14.6. The summed E-state index contributed by atoms with van der Waals surface area (Å²) in [6.45, 7) is 3.90. The zero-order chi connectivity index (χ0) is 21.4. The van der Waals surface area contributed by atoms with Gasteiger partial charge in [0.25, 0.3) is 11.8 Å². The van der Waals surface area contributed by atoms with Crippen molar-refractivity contribution >= 4 is 34.2 Å². The number of fused-ring (bicyclic) bond motifs is 1. The molecule has 0 aliphatic carbocycles. The number of nitrogens with two attached hydrogens (primary N) is 1. The Morgan fingerprint density at radius 2 is 1.57 bits per heavy atom. The summed E-state index contributed by atoms with van der Waals surface area (Å²) in [7, 11) is 0. The van der Waals surface area contributed by atoms with E-state index in [1.165, 1.54) is 28.8 Å². The number of para-hydroxylation sites is 1. The van der Waals surface area contributed by atoms with Gasteiger partial charge in [-0.1, -0.05) is 24.3 Å². The quantitative estimate of drug-likeness (QED) is 0.511. The maximum atomic E-state index is 13.3. The van der Waals surface area contributed by atoms with Crippen LogP contribution < -0.4 is 11.1 Å². The SMILES string of the molecule is Cc1cc(C)cc(NC(=O)c2c(N)n(C(=O)c3ccc(F)cc3)c3ccccc23)c1. The fourth-order valence-electron chi connectivity index (χ4n) is 3.68. The van der Waals surface area contributed by atoms with Crippen LogP contribution in [0.5, 0.6) is 0 Å². The van der Waals surface area contributed by atoms with Crippen LogP contribution in [0.1, 0.15) is 31.8 Å². The molecule has 0 unspecified atom stereocenters. The van der Waals surface area contributed by atoms with Gasteiger partial charge in [-0.25, -0.2) is 4.39 Å². The molecule has 0 fully saturated rings. The summed E-state index contributed by atoms with van der Waals surface area (Å²) in [6, 6.07) is 18.0. The number of hydrogen-bond donors (Lipinski definition) is 2. The number of halogens is 1. The van der Waals surface area contributed by atoms with Crippen molar-refractivity contribution in [3.63, 3.8) is 0 Å². The van der Waals surface area contributed by atoms with E-state index in [1.807, 2.05) is 32.0 Å². The highest BCUT2D eigenvalue weighted by atomic mass is 19.1. The van der Waals surface area contributed by atoms with Crippen LogP contribution in [0.2, 0.25) is 0 Å². The van der Waals surface area contributed by atoms with Gasteiger partial charge in [-0.3, -0.25) is 14.2 Å². The number of nitrogens with one attached hydrogen (secondary N) is 1. The van der Waals surface area contributed by atoms with Gasteiger partial charge in [0.1, 0.15) is 11.6 Å². The monoisotopic (exact) mass is 401 g/mol. The Labute approximate surface area is 172 Å². The second-order valence-electron chi connectivity index (χ2n) is 7.26. The number of amides is 1. The van der Waals surface area contributed by atoms with E-state index >= 15 is 0 Å². The van der Waals surface area contributed by atoms with E-state index in [-0.39, 0.29) is 16.9 Å². The first kappa shape index (κ1) is 19.4. The van der Waals surface area contributed by atoms with Crippen LogP contribution in [0.3, 0.4) is 0 Å². The molecule has 0 spiro atoms. The zero-order valence-corrected chi connectivity index (χ0v) is 16.6. The molecule has 0 radical (unpaired) electrons. The lowest BCUT2D eigenvalue weighted by atomic mass is 10.1. The van der Waals surface area contributed by atoms with Gasteiger partial charge in [0.05, 0.1) is 11.1 Å². The summed E-state index contributed by atoms with van der Waals surface area (Å²) in [4.78, 5) is 26.2. The van der Waals surface area contributed by atoms with Crippen molar-refractivity contribution < 1.29 is 14.0 Å². The molecule has 6 heteroatoms. The van der Waals surface area contributed by atoms with Crippen molar-refractivity contribution in [2.75, 3.05) is 11.1 Å². The van der Waals surface area contributed by atoms with Crippen LogP contribution in [0.25, 0.3) is 10.9 Å². The molecule has 0 bridgehead atoms. The third-order valence-electron chi connectivity index (χ3n) is 4.91. The fraction of sp³-hybridized carbons (Fsp3) is 0.0833. The molecule has 5 nitrogen and oxygen atoms in total. The number of carbonyl (C=O) groups excluding carboxylic acids is 2. The highest BCUT2D eigenvalue weighted by molar-refractivity contribution is 6.20. The number of aryl methyl sites for hydroxylation is 2. The van der Waals surface area contributed by atoms with E-state index in [2.05, 4.69) is 5.32 Å². The van der Waals surface area contributed by atoms with Crippen LogP contribution in [-0.2, 0) is 0 Å². The lowest BCUT2D eigenvalue weighted by molar-refractivity contribution is 0.0967. The maximum Gasteiger partial charge on any atom is 0.263 e. The molecule has 30 heavy (non-hydrogen) atoms. The van der Waals surface area contributed by atoms with Gasteiger partial charge in [0.2, 0.25) is 0 Å². The molecule has 3 aromatic carbocycles. The zero-order valence-electron chi connectivity index (χ0n) is 16.6. The highest BCUT2D eigenvalue weighted by Crippen LogP contribution is 2.30. The number of rotatable bonds is 3. The number of nitrogens with zero attached hydrogens (tertiary/aromatic N) is 1. The van der Waals surface area contributed by atoms with Gasteiger partial charge in [0.15, 0.2) is 0 Å². The first-order valence-corrected chi connectivity index (χ1v) is 9.44. The molecule has 1 amide bonds. The molecule has 4 rings (SSSR count). The third-order valence-corrected chi connectivity index (χ3v) is 4.91. The molecule has 0 atom stereocenters. The minimum atomic E-state index is -0.439. The molecule has 4 aromatic rings. The second kappa shape index (κ2) is 7.48. The van der Waals surface area contributed by atoms with Crippen LogP contribution in [0.4, 0.5) is 15.9 Å². The van der Waals surface area contributed by atoms with E-state index < -0.39 is 17.6 Å².